The second-order valence-corrected chi connectivity index (χ2v) is 6.27. The topological polar surface area (TPSA) is 48.0 Å². The zero-order valence-electron chi connectivity index (χ0n) is 13.5. The standard InChI is InChI=1S/C18H24N2O2/c1-3-10-22-14-6-7-17-15(11-14)18(21)16(13(2)19-17)12-20-8-4-5-9-20/h6-7,11H,3-5,8-10,12H2,1-2H3,(H,19,21)/p+2. The molecule has 1 aliphatic rings. The first-order valence-electron chi connectivity index (χ1n) is 8.33. The average Bonchev–Trinajstić information content (AvgIpc) is 3.03. The van der Waals surface area contributed by atoms with Crippen molar-refractivity contribution < 1.29 is 19.7 Å². The minimum atomic E-state index is 0.410. The Hall–Kier alpha value is -1.81. The fourth-order valence-electron chi connectivity index (χ4n) is 3.27. The number of aromatic amines is 1. The smallest absolute Gasteiger partial charge is 0.215 e. The van der Waals surface area contributed by atoms with Gasteiger partial charge in [-0.25, -0.2) is 4.98 Å². The van der Waals surface area contributed by atoms with Gasteiger partial charge in [0.1, 0.15) is 23.6 Å². The van der Waals surface area contributed by atoms with E-state index >= 15 is 0 Å². The molecule has 3 rings (SSSR count). The van der Waals surface area contributed by atoms with Crippen molar-refractivity contribution in [2.75, 3.05) is 19.7 Å². The van der Waals surface area contributed by atoms with E-state index in [9.17, 15) is 5.11 Å². The number of aromatic nitrogens is 1. The van der Waals surface area contributed by atoms with E-state index in [0.29, 0.717) is 12.4 Å². The van der Waals surface area contributed by atoms with E-state index in [0.717, 1.165) is 40.9 Å². The minimum absolute atomic E-state index is 0.410. The number of quaternary nitrogens is 1. The Balaban J connectivity index is 1.96. The lowest BCUT2D eigenvalue weighted by atomic mass is 10.1. The molecule has 2 aromatic rings. The Bertz CT molecular complexity index is 664. The summed E-state index contributed by atoms with van der Waals surface area (Å²) in [4.78, 5) is 4.99. The molecule has 0 aliphatic carbocycles. The van der Waals surface area contributed by atoms with Crippen LogP contribution in [0.25, 0.3) is 10.9 Å². The molecule has 0 unspecified atom stereocenters. The van der Waals surface area contributed by atoms with Crippen LogP contribution >= 0.6 is 0 Å². The van der Waals surface area contributed by atoms with Gasteiger partial charge in [0.05, 0.1) is 25.1 Å². The first-order valence-corrected chi connectivity index (χ1v) is 8.33. The molecule has 1 saturated heterocycles. The van der Waals surface area contributed by atoms with E-state index in [-0.39, 0.29) is 0 Å². The molecule has 22 heavy (non-hydrogen) atoms. The molecular formula is C18H26N2O2+2. The molecule has 1 aromatic heterocycles. The molecule has 0 radical (unpaired) electrons. The summed E-state index contributed by atoms with van der Waals surface area (Å²) in [5.41, 5.74) is 3.06. The van der Waals surface area contributed by atoms with Crippen molar-refractivity contribution in [1.29, 1.82) is 0 Å². The zero-order valence-corrected chi connectivity index (χ0v) is 13.5. The number of rotatable bonds is 5. The molecule has 4 heteroatoms. The molecule has 3 N–H and O–H groups in total. The van der Waals surface area contributed by atoms with Gasteiger partial charge in [-0.3, -0.25) is 0 Å². The highest BCUT2D eigenvalue weighted by atomic mass is 16.5. The molecule has 0 spiro atoms. The summed E-state index contributed by atoms with van der Waals surface area (Å²) in [5.74, 6) is 1.23. The van der Waals surface area contributed by atoms with Gasteiger partial charge in [0.15, 0.2) is 5.69 Å². The van der Waals surface area contributed by atoms with Crippen molar-refractivity contribution in [3.63, 3.8) is 0 Å². The summed E-state index contributed by atoms with van der Waals surface area (Å²) >= 11 is 0. The lowest BCUT2D eigenvalue weighted by Crippen LogP contribution is -3.08. The largest absolute Gasteiger partial charge is 0.506 e. The van der Waals surface area contributed by atoms with E-state index in [1.54, 1.807) is 4.90 Å². The first-order chi connectivity index (χ1) is 10.7. The van der Waals surface area contributed by atoms with Crippen LogP contribution in [0.1, 0.15) is 37.4 Å². The van der Waals surface area contributed by atoms with Gasteiger partial charge < -0.3 is 14.7 Å². The summed E-state index contributed by atoms with van der Waals surface area (Å²) in [5, 5.41) is 11.6. The van der Waals surface area contributed by atoms with Crippen LogP contribution in [0.4, 0.5) is 0 Å². The normalized spacial score (nSPS) is 15.5. The van der Waals surface area contributed by atoms with E-state index < -0.39 is 0 Å². The Kier molecular flexibility index (Phi) is 4.48. The molecule has 1 fully saturated rings. The van der Waals surface area contributed by atoms with Crippen LogP contribution in [0, 0.1) is 6.92 Å². The van der Waals surface area contributed by atoms with Crippen molar-refractivity contribution in [3.05, 3.63) is 29.5 Å². The second-order valence-electron chi connectivity index (χ2n) is 6.27. The van der Waals surface area contributed by atoms with Gasteiger partial charge in [0, 0.05) is 25.8 Å². The van der Waals surface area contributed by atoms with E-state index in [1.807, 2.05) is 25.1 Å². The van der Waals surface area contributed by atoms with Crippen LogP contribution in [0.15, 0.2) is 18.2 Å². The van der Waals surface area contributed by atoms with Gasteiger partial charge in [0.2, 0.25) is 5.52 Å². The number of hydrogen-bond donors (Lipinski definition) is 2. The van der Waals surface area contributed by atoms with E-state index in [1.165, 1.54) is 25.9 Å². The predicted molar refractivity (Wildman–Crippen MR) is 86.3 cm³/mol. The highest BCUT2D eigenvalue weighted by Crippen LogP contribution is 2.30. The Labute approximate surface area is 131 Å². The molecule has 4 nitrogen and oxygen atoms in total. The number of hydrogen-bond acceptors (Lipinski definition) is 2. The number of likely N-dealkylation sites (tertiary alicyclic amines) is 1. The van der Waals surface area contributed by atoms with Gasteiger partial charge in [-0.15, -0.1) is 0 Å². The number of aromatic hydroxyl groups is 1. The summed E-state index contributed by atoms with van der Waals surface area (Å²) in [6.45, 7) is 8.14. The molecule has 0 bridgehead atoms. The maximum atomic E-state index is 10.8. The summed E-state index contributed by atoms with van der Waals surface area (Å²) in [6, 6.07) is 5.89. The van der Waals surface area contributed by atoms with Gasteiger partial charge in [0.25, 0.3) is 0 Å². The van der Waals surface area contributed by atoms with Crippen LogP contribution in [0.5, 0.6) is 11.5 Å². The third kappa shape index (κ3) is 3.02. The van der Waals surface area contributed by atoms with Crippen LogP contribution in [-0.2, 0) is 6.54 Å². The number of benzene rings is 1. The summed E-state index contributed by atoms with van der Waals surface area (Å²) in [6.07, 6.45) is 3.57. The fourth-order valence-corrected chi connectivity index (χ4v) is 3.27. The predicted octanol–water partition coefficient (Wildman–Crippen LogP) is 1.64. The van der Waals surface area contributed by atoms with Gasteiger partial charge in [-0.2, -0.15) is 0 Å². The van der Waals surface area contributed by atoms with E-state index in [2.05, 4.69) is 11.9 Å². The minimum Gasteiger partial charge on any atom is -0.506 e. The average molecular weight is 302 g/mol. The summed E-state index contributed by atoms with van der Waals surface area (Å²) < 4.78 is 5.69. The van der Waals surface area contributed by atoms with Gasteiger partial charge >= 0.3 is 0 Å². The fraction of sp³-hybridized carbons (Fsp3) is 0.500. The van der Waals surface area contributed by atoms with Gasteiger partial charge in [-0.1, -0.05) is 6.92 Å². The third-order valence-corrected chi connectivity index (χ3v) is 4.52. The number of nitrogens with one attached hydrogen (secondary N) is 2. The molecule has 0 atom stereocenters. The number of fused-ring (bicyclic) bond motifs is 1. The van der Waals surface area contributed by atoms with Crippen molar-refractivity contribution in [1.82, 2.24) is 0 Å². The van der Waals surface area contributed by atoms with Crippen molar-refractivity contribution in [3.8, 4) is 11.5 Å². The molecule has 118 valence electrons. The number of ether oxygens (including phenoxy) is 1. The molecular weight excluding hydrogens is 276 g/mol. The van der Waals surface area contributed by atoms with Crippen molar-refractivity contribution >= 4 is 10.9 Å². The van der Waals surface area contributed by atoms with Crippen LogP contribution in [0.3, 0.4) is 0 Å². The number of pyridine rings is 1. The second kappa shape index (κ2) is 6.53. The van der Waals surface area contributed by atoms with Crippen LogP contribution < -0.4 is 14.6 Å². The number of aryl methyl sites for hydroxylation is 1. The Morgan fingerprint density at radius 1 is 1.27 bits per heavy atom. The van der Waals surface area contributed by atoms with Crippen LogP contribution in [0.2, 0.25) is 0 Å². The highest BCUT2D eigenvalue weighted by Gasteiger charge is 2.24. The number of H-pyrrole nitrogens is 1. The SMILES string of the molecule is CCCOc1ccc2[nH+]c(C)c(C[NH+]3CCCC3)c(O)c2c1. The maximum Gasteiger partial charge on any atom is 0.215 e. The van der Waals surface area contributed by atoms with Gasteiger partial charge in [-0.05, 0) is 18.6 Å². The summed E-state index contributed by atoms with van der Waals surface area (Å²) in [7, 11) is 0. The van der Waals surface area contributed by atoms with Crippen molar-refractivity contribution in [2.24, 2.45) is 0 Å². The molecule has 1 aliphatic heterocycles. The highest BCUT2D eigenvalue weighted by molar-refractivity contribution is 5.84. The maximum absolute atomic E-state index is 10.8. The van der Waals surface area contributed by atoms with Crippen LogP contribution in [-0.4, -0.2) is 24.8 Å². The van der Waals surface area contributed by atoms with Crippen molar-refractivity contribution in [2.45, 2.75) is 39.7 Å². The molecule has 0 saturated carbocycles. The lowest BCUT2D eigenvalue weighted by Gasteiger charge is -2.14. The Morgan fingerprint density at radius 2 is 2.05 bits per heavy atom. The molecule has 0 amide bonds. The van der Waals surface area contributed by atoms with E-state index in [4.69, 9.17) is 4.74 Å². The monoisotopic (exact) mass is 302 g/mol. The lowest BCUT2D eigenvalue weighted by molar-refractivity contribution is -0.901. The quantitative estimate of drug-likeness (QED) is 0.882. The molecule has 2 heterocycles. The Morgan fingerprint density at radius 3 is 2.77 bits per heavy atom. The molecule has 1 aromatic carbocycles. The zero-order chi connectivity index (χ0) is 15.5. The third-order valence-electron chi connectivity index (χ3n) is 4.52. The first kappa shape index (κ1) is 15.1.